The van der Waals surface area contributed by atoms with E-state index in [1.54, 1.807) is 24.3 Å². The molecule has 0 bridgehead atoms. The van der Waals surface area contributed by atoms with Crippen LogP contribution in [0.15, 0.2) is 51.8 Å². The minimum absolute atomic E-state index is 0.142. The maximum atomic E-state index is 11.7. The normalized spacial score (nSPS) is 11.1. The van der Waals surface area contributed by atoms with Gasteiger partial charge in [0.05, 0.1) is 21.8 Å². The van der Waals surface area contributed by atoms with Gasteiger partial charge < -0.3 is 10.4 Å². The Balaban J connectivity index is 2.42. The van der Waals surface area contributed by atoms with Gasteiger partial charge in [0.2, 0.25) is 0 Å². The number of carbonyl (C=O) groups is 1. The fourth-order valence-corrected chi connectivity index (χ4v) is 3.11. The molecule has 2 aromatic carbocycles. The van der Waals surface area contributed by atoms with E-state index < -0.39 is 15.8 Å². The Morgan fingerprint density at radius 2 is 1.81 bits per heavy atom. The van der Waals surface area contributed by atoms with Crippen molar-refractivity contribution in [2.24, 2.45) is 0 Å². The predicted molar refractivity (Wildman–Crippen MR) is 83.9 cm³/mol. The van der Waals surface area contributed by atoms with Crippen LogP contribution < -0.4 is 5.32 Å². The lowest BCUT2D eigenvalue weighted by Gasteiger charge is -2.12. The highest BCUT2D eigenvalue weighted by Crippen LogP contribution is 2.30. The second-order valence-electron chi connectivity index (χ2n) is 4.39. The maximum absolute atomic E-state index is 11.7. The Morgan fingerprint density at radius 3 is 2.38 bits per heavy atom. The van der Waals surface area contributed by atoms with E-state index in [4.69, 9.17) is 5.11 Å². The third-order valence-corrected chi connectivity index (χ3v) is 4.58. The second kappa shape index (κ2) is 5.87. The molecule has 0 amide bonds. The van der Waals surface area contributed by atoms with Gasteiger partial charge in [0, 0.05) is 10.7 Å². The van der Waals surface area contributed by atoms with Gasteiger partial charge in [-0.2, -0.15) is 0 Å². The van der Waals surface area contributed by atoms with Gasteiger partial charge in [0.1, 0.15) is 0 Å². The molecule has 0 heterocycles. The molecule has 0 atom stereocenters. The summed E-state index contributed by atoms with van der Waals surface area (Å²) >= 11 is 3.27. The number of aromatic carboxylic acids is 1. The Morgan fingerprint density at radius 1 is 1.14 bits per heavy atom. The van der Waals surface area contributed by atoms with E-state index in [9.17, 15) is 13.2 Å². The molecule has 0 radical (unpaired) electrons. The zero-order chi connectivity index (χ0) is 15.6. The number of benzene rings is 2. The second-order valence-corrected chi connectivity index (χ2v) is 7.23. The zero-order valence-corrected chi connectivity index (χ0v) is 13.4. The molecule has 0 aliphatic rings. The molecule has 2 N–H and O–H groups in total. The van der Waals surface area contributed by atoms with Crippen LogP contribution in [-0.4, -0.2) is 25.7 Å². The highest BCUT2D eigenvalue weighted by atomic mass is 79.9. The number of sulfone groups is 1. The van der Waals surface area contributed by atoms with Gasteiger partial charge in [-0.25, -0.2) is 13.2 Å². The summed E-state index contributed by atoms with van der Waals surface area (Å²) in [6, 6.07) is 11.0. The van der Waals surface area contributed by atoms with Crippen molar-refractivity contribution in [1.82, 2.24) is 0 Å². The molecule has 0 saturated heterocycles. The molecular weight excluding hydrogens is 358 g/mol. The highest BCUT2D eigenvalue weighted by molar-refractivity contribution is 9.10. The molecule has 2 rings (SSSR count). The van der Waals surface area contributed by atoms with E-state index in [0.717, 1.165) is 6.26 Å². The number of rotatable bonds is 4. The lowest BCUT2D eigenvalue weighted by Crippen LogP contribution is -2.03. The molecule has 5 nitrogen and oxygen atoms in total. The first-order valence-corrected chi connectivity index (χ1v) is 8.56. The van der Waals surface area contributed by atoms with Crippen molar-refractivity contribution in [3.05, 3.63) is 52.5 Å². The molecule has 7 heteroatoms. The molecule has 21 heavy (non-hydrogen) atoms. The fourth-order valence-electron chi connectivity index (χ4n) is 1.79. The summed E-state index contributed by atoms with van der Waals surface area (Å²) in [6.45, 7) is 0. The minimum Gasteiger partial charge on any atom is -0.478 e. The summed E-state index contributed by atoms with van der Waals surface area (Å²) in [5.41, 5.74) is 1.16. The zero-order valence-electron chi connectivity index (χ0n) is 11.0. The van der Waals surface area contributed by atoms with Gasteiger partial charge in [-0.1, -0.05) is 12.1 Å². The molecule has 0 aliphatic carbocycles. The number of para-hydroxylation sites is 1. The lowest BCUT2D eigenvalue weighted by atomic mass is 10.2. The van der Waals surface area contributed by atoms with Gasteiger partial charge in [-0.15, -0.1) is 0 Å². The summed E-state index contributed by atoms with van der Waals surface area (Å²) in [7, 11) is -3.36. The summed E-state index contributed by atoms with van der Waals surface area (Å²) in [4.78, 5) is 11.1. The van der Waals surface area contributed by atoms with Crippen molar-refractivity contribution < 1.29 is 18.3 Å². The average Bonchev–Trinajstić information content (AvgIpc) is 2.40. The van der Waals surface area contributed by atoms with E-state index in [-0.39, 0.29) is 10.5 Å². The Bertz CT molecular complexity index is 802. The first kappa shape index (κ1) is 15.5. The first-order chi connectivity index (χ1) is 9.79. The van der Waals surface area contributed by atoms with E-state index in [1.807, 2.05) is 0 Å². The SMILES string of the molecule is CS(=O)(=O)c1ccccc1Nc1ccc(C(=O)O)cc1Br. The van der Waals surface area contributed by atoms with Crippen molar-refractivity contribution in [2.45, 2.75) is 4.90 Å². The summed E-state index contributed by atoms with van der Waals surface area (Å²) < 4.78 is 24.0. The van der Waals surface area contributed by atoms with Crippen molar-refractivity contribution in [2.75, 3.05) is 11.6 Å². The predicted octanol–water partition coefficient (Wildman–Crippen LogP) is 3.29. The van der Waals surface area contributed by atoms with Crippen LogP contribution >= 0.6 is 15.9 Å². The summed E-state index contributed by atoms with van der Waals surface area (Å²) in [5.74, 6) is -1.03. The molecule has 0 spiro atoms. The van der Waals surface area contributed by atoms with Crippen LogP contribution in [0, 0.1) is 0 Å². The van der Waals surface area contributed by atoms with Gasteiger partial charge in [-0.05, 0) is 46.3 Å². The monoisotopic (exact) mass is 369 g/mol. The number of hydrogen-bond donors (Lipinski definition) is 2. The molecule has 2 aromatic rings. The third-order valence-electron chi connectivity index (χ3n) is 2.77. The summed E-state index contributed by atoms with van der Waals surface area (Å²) in [6.07, 6.45) is 1.14. The van der Waals surface area contributed by atoms with Gasteiger partial charge >= 0.3 is 5.97 Å². The third kappa shape index (κ3) is 3.62. The number of carboxylic acids is 1. The molecule has 0 unspecified atom stereocenters. The Hall–Kier alpha value is -1.86. The van der Waals surface area contributed by atoms with Crippen LogP contribution in [0.5, 0.6) is 0 Å². The number of carboxylic acid groups (broad SMARTS) is 1. The Kier molecular flexibility index (Phi) is 4.34. The molecule has 0 fully saturated rings. The standard InChI is InChI=1S/C14H12BrNO4S/c1-21(19,20)13-5-3-2-4-12(13)16-11-7-6-9(14(17)18)8-10(11)15/h2-8,16H,1H3,(H,17,18). The van der Waals surface area contributed by atoms with Crippen molar-refractivity contribution in [3.8, 4) is 0 Å². The number of anilines is 2. The highest BCUT2D eigenvalue weighted by Gasteiger charge is 2.14. The van der Waals surface area contributed by atoms with Crippen LogP contribution in [0.4, 0.5) is 11.4 Å². The topological polar surface area (TPSA) is 83.5 Å². The van der Waals surface area contributed by atoms with E-state index >= 15 is 0 Å². The van der Waals surface area contributed by atoms with Gasteiger partial charge in [0.25, 0.3) is 0 Å². The van der Waals surface area contributed by atoms with Crippen LogP contribution in [0.2, 0.25) is 0 Å². The number of nitrogens with one attached hydrogen (secondary N) is 1. The molecular formula is C14H12BrNO4S. The van der Waals surface area contributed by atoms with E-state index in [2.05, 4.69) is 21.2 Å². The molecule has 110 valence electrons. The minimum atomic E-state index is -3.36. The molecule has 0 aromatic heterocycles. The Labute approximate surface area is 130 Å². The average molecular weight is 370 g/mol. The number of halogens is 1. The van der Waals surface area contributed by atoms with Crippen LogP contribution in [0.1, 0.15) is 10.4 Å². The summed E-state index contributed by atoms with van der Waals surface area (Å²) in [5, 5.41) is 11.9. The molecule has 0 aliphatic heterocycles. The van der Waals surface area contributed by atoms with Gasteiger partial charge in [-0.3, -0.25) is 0 Å². The largest absolute Gasteiger partial charge is 0.478 e. The van der Waals surface area contributed by atoms with Gasteiger partial charge in [0.15, 0.2) is 9.84 Å². The maximum Gasteiger partial charge on any atom is 0.335 e. The first-order valence-electron chi connectivity index (χ1n) is 5.88. The van der Waals surface area contributed by atoms with Crippen LogP contribution in [-0.2, 0) is 9.84 Å². The van der Waals surface area contributed by atoms with Crippen molar-refractivity contribution in [3.63, 3.8) is 0 Å². The smallest absolute Gasteiger partial charge is 0.335 e. The van der Waals surface area contributed by atoms with Crippen LogP contribution in [0.3, 0.4) is 0 Å². The number of hydrogen-bond acceptors (Lipinski definition) is 4. The van der Waals surface area contributed by atoms with Crippen molar-refractivity contribution >= 4 is 43.1 Å². The van der Waals surface area contributed by atoms with E-state index in [1.165, 1.54) is 18.2 Å². The van der Waals surface area contributed by atoms with Crippen LogP contribution in [0.25, 0.3) is 0 Å². The fraction of sp³-hybridized carbons (Fsp3) is 0.0714. The quantitative estimate of drug-likeness (QED) is 0.863. The van der Waals surface area contributed by atoms with E-state index in [0.29, 0.717) is 15.8 Å². The lowest BCUT2D eigenvalue weighted by molar-refractivity contribution is 0.0697. The van der Waals surface area contributed by atoms with Crippen molar-refractivity contribution in [1.29, 1.82) is 0 Å². The molecule has 0 saturated carbocycles.